The third-order valence-electron chi connectivity index (χ3n) is 6.03. The highest BCUT2D eigenvalue weighted by atomic mass is 19.4. The molecule has 0 N–H and O–H groups in total. The molecule has 0 bridgehead atoms. The monoisotopic (exact) mass is 448 g/mol. The number of piperazine rings is 2. The Hall–Kier alpha value is -2.88. The smallest absolute Gasteiger partial charge is 0.354 e. The molecule has 0 aliphatic carbocycles. The largest absolute Gasteiger partial charge is 0.416 e. The molecular formula is C22H27F3N6O. The molecule has 0 spiro atoms. The number of anilines is 2. The number of alkyl halides is 3. The van der Waals surface area contributed by atoms with Gasteiger partial charge in [0.1, 0.15) is 18.0 Å². The maximum absolute atomic E-state index is 12.9. The Balaban J connectivity index is 1.33. The minimum atomic E-state index is -4.41. The van der Waals surface area contributed by atoms with Crippen molar-refractivity contribution in [3.8, 4) is 0 Å². The Labute approximate surface area is 185 Å². The molecule has 4 rings (SSSR count). The van der Waals surface area contributed by atoms with Crippen LogP contribution in [-0.2, 0) is 17.4 Å². The number of likely N-dealkylation sites (N-methyl/N-ethyl adjacent to an activating group) is 1. The fourth-order valence-electron chi connectivity index (χ4n) is 4.05. The van der Waals surface area contributed by atoms with Crippen molar-refractivity contribution in [2.75, 3.05) is 69.2 Å². The first-order valence-electron chi connectivity index (χ1n) is 10.7. The standard InChI is InChI=1S/C22H27F3N6O/c1-28-5-7-29(8-6-28)19-15-20(27-16-26-19)30-9-11-31(12-10-30)21(32)14-17-3-2-4-18(13-17)22(23,24)25/h2-4,13,15-16H,5-12,14H2,1H3. The minimum absolute atomic E-state index is 0.0367. The summed E-state index contributed by atoms with van der Waals surface area (Å²) in [7, 11) is 2.11. The molecule has 0 atom stereocenters. The van der Waals surface area contributed by atoms with Crippen LogP contribution in [0.2, 0.25) is 0 Å². The van der Waals surface area contributed by atoms with E-state index in [1.54, 1.807) is 17.3 Å². The van der Waals surface area contributed by atoms with E-state index in [0.717, 1.165) is 49.9 Å². The van der Waals surface area contributed by atoms with E-state index in [1.807, 2.05) is 6.07 Å². The zero-order valence-electron chi connectivity index (χ0n) is 18.1. The number of carbonyl (C=O) groups is 1. The first kappa shape index (κ1) is 22.3. The molecule has 2 aliphatic rings. The van der Waals surface area contributed by atoms with Crippen LogP contribution in [0.4, 0.5) is 24.8 Å². The normalized spacial score (nSPS) is 18.2. The molecule has 2 aromatic rings. The van der Waals surface area contributed by atoms with Gasteiger partial charge in [0.15, 0.2) is 0 Å². The summed E-state index contributed by atoms with van der Waals surface area (Å²) in [5.74, 6) is 1.58. The van der Waals surface area contributed by atoms with Crippen LogP contribution in [0.3, 0.4) is 0 Å². The Morgan fingerprint density at radius 1 is 0.906 bits per heavy atom. The third kappa shape index (κ3) is 5.29. The molecule has 7 nitrogen and oxygen atoms in total. The Morgan fingerprint density at radius 2 is 1.50 bits per heavy atom. The van der Waals surface area contributed by atoms with Gasteiger partial charge in [-0.1, -0.05) is 18.2 Å². The second-order valence-electron chi connectivity index (χ2n) is 8.27. The second-order valence-corrected chi connectivity index (χ2v) is 8.27. The minimum Gasteiger partial charge on any atom is -0.354 e. The van der Waals surface area contributed by atoms with Crippen LogP contribution in [0.5, 0.6) is 0 Å². The fraction of sp³-hybridized carbons (Fsp3) is 0.500. The first-order valence-corrected chi connectivity index (χ1v) is 10.7. The van der Waals surface area contributed by atoms with Gasteiger partial charge in [0.2, 0.25) is 5.91 Å². The molecule has 2 aliphatic heterocycles. The molecule has 10 heteroatoms. The number of aromatic nitrogens is 2. The van der Waals surface area contributed by atoms with Crippen LogP contribution in [0.15, 0.2) is 36.7 Å². The van der Waals surface area contributed by atoms with Crippen molar-refractivity contribution in [1.29, 1.82) is 0 Å². The zero-order chi connectivity index (χ0) is 22.7. The lowest BCUT2D eigenvalue weighted by Crippen LogP contribution is -2.49. The molecular weight excluding hydrogens is 421 g/mol. The van der Waals surface area contributed by atoms with E-state index < -0.39 is 11.7 Å². The summed E-state index contributed by atoms with van der Waals surface area (Å²) in [6.07, 6.45) is -2.87. The van der Waals surface area contributed by atoms with Gasteiger partial charge in [-0.05, 0) is 18.7 Å². The van der Waals surface area contributed by atoms with Gasteiger partial charge < -0.3 is 19.6 Å². The molecule has 32 heavy (non-hydrogen) atoms. The molecule has 1 aromatic heterocycles. The van der Waals surface area contributed by atoms with E-state index in [-0.39, 0.29) is 12.3 Å². The van der Waals surface area contributed by atoms with Crippen molar-refractivity contribution in [3.05, 3.63) is 47.8 Å². The summed E-state index contributed by atoms with van der Waals surface area (Å²) in [5, 5.41) is 0. The number of halogens is 3. The third-order valence-corrected chi connectivity index (χ3v) is 6.03. The Kier molecular flexibility index (Phi) is 6.50. The lowest BCUT2D eigenvalue weighted by molar-refractivity contribution is -0.138. The van der Waals surface area contributed by atoms with Crippen molar-refractivity contribution in [3.63, 3.8) is 0 Å². The van der Waals surface area contributed by atoms with E-state index in [2.05, 4.69) is 31.7 Å². The second kappa shape index (κ2) is 9.32. The molecule has 0 radical (unpaired) electrons. The molecule has 1 aromatic carbocycles. The maximum atomic E-state index is 12.9. The van der Waals surface area contributed by atoms with Crippen LogP contribution < -0.4 is 9.80 Å². The van der Waals surface area contributed by atoms with Gasteiger partial charge in [-0.15, -0.1) is 0 Å². The topological polar surface area (TPSA) is 55.8 Å². The average Bonchev–Trinajstić information content (AvgIpc) is 2.79. The highest BCUT2D eigenvalue weighted by Gasteiger charge is 2.31. The fourth-order valence-corrected chi connectivity index (χ4v) is 4.05. The number of carbonyl (C=O) groups excluding carboxylic acids is 1. The van der Waals surface area contributed by atoms with Crippen molar-refractivity contribution in [1.82, 2.24) is 19.8 Å². The molecule has 0 unspecified atom stereocenters. The number of amides is 1. The number of rotatable bonds is 4. The Morgan fingerprint density at radius 3 is 2.09 bits per heavy atom. The lowest BCUT2D eigenvalue weighted by Gasteiger charge is -2.36. The van der Waals surface area contributed by atoms with Crippen LogP contribution in [0.1, 0.15) is 11.1 Å². The number of nitrogens with zero attached hydrogens (tertiary/aromatic N) is 6. The van der Waals surface area contributed by atoms with Gasteiger partial charge in [-0.3, -0.25) is 4.79 Å². The van der Waals surface area contributed by atoms with Crippen LogP contribution in [0.25, 0.3) is 0 Å². The molecule has 172 valence electrons. The summed E-state index contributed by atoms with van der Waals surface area (Å²) in [5.41, 5.74) is -0.354. The number of hydrogen-bond acceptors (Lipinski definition) is 6. The van der Waals surface area contributed by atoms with Crippen LogP contribution >= 0.6 is 0 Å². The number of hydrogen-bond donors (Lipinski definition) is 0. The molecule has 1 amide bonds. The van der Waals surface area contributed by atoms with E-state index >= 15 is 0 Å². The zero-order valence-corrected chi connectivity index (χ0v) is 18.1. The van der Waals surface area contributed by atoms with Gasteiger partial charge >= 0.3 is 6.18 Å². The quantitative estimate of drug-likeness (QED) is 0.715. The number of benzene rings is 1. The molecule has 3 heterocycles. The lowest BCUT2D eigenvalue weighted by atomic mass is 10.1. The summed E-state index contributed by atoms with van der Waals surface area (Å²) in [6, 6.07) is 6.96. The van der Waals surface area contributed by atoms with E-state index in [1.165, 1.54) is 6.07 Å². The van der Waals surface area contributed by atoms with Crippen molar-refractivity contribution >= 4 is 17.5 Å². The highest BCUT2D eigenvalue weighted by Crippen LogP contribution is 2.29. The van der Waals surface area contributed by atoms with Gasteiger partial charge in [-0.2, -0.15) is 13.2 Å². The molecule has 2 fully saturated rings. The molecule has 2 saturated heterocycles. The summed E-state index contributed by atoms with van der Waals surface area (Å²) in [4.78, 5) is 29.8. The van der Waals surface area contributed by atoms with Gasteiger partial charge in [0, 0.05) is 58.4 Å². The van der Waals surface area contributed by atoms with Gasteiger partial charge in [-0.25, -0.2) is 9.97 Å². The van der Waals surface area contributed by atoms with Crippen LogP contribution in [-0.4, -0.2) is 85.1 Å². The predicted octanol–water partition coefficient (Wildman–Crippen LogP) is 2.14. The van der Waals surface area contributed by atoms with Gasteiger partial charge in [0.05, 0.1) is 12.0 Å². The van der Waals surface area contributed by atoms with Crippen molar-refractivity contribution in [2.45, 2.75) is 12.6 Å². The van der Waals surface area contributed by atoms with E-state index in [0.29, 0.717) is 31.7 Å². The van der Waals surface area contributed by atoms with Crippen molar-refractivity contribution < 1.29 is 18.0 Å². The SMILES string of the molecule is CN1CCN(c2cc(N3CCN(C(=O)Cc4cccc(C(F)(F)F)c4)CC3)ncn2)CC1. The van der Waals surface area contributed by atoms with Gasteiger partial charge in [0.25, 0.3) is 0 Å². The highest BCUT2D eigenvalue weighted by molar-refractivity contribution is 5.79. The van der Waals surface area contributed by atoms with Crippen LogP contribution in [0, 0.1) is 0 Å². The Bertz CT molecular complexity index is 937. The summed E-state index contributed by atoms with van der Waals surface area (Å²) in [6.45, 7) is 6.08. The average molecular weight is 448 g/mol. The molecule has 0 saturated carbocycles. The van der Waals surface area contributed by atoms with E-state index in [4.69, 9.17) is 0 Å². The first-order chi connectivity index (χ1) is 15.3. The summed E-state index contributed by atoms with van der Waals surface area (Å²) >= 11 is 0. The summed E-state index contributed by atoms with van der Waals surface area (Å²) < 4.78 is 38.7. The van der Waals surface area contributed by atoms with Crippen molar-refractivity contribution in [2.24, 2.45) is 0 Å². The predicted molar refractivity (Wildman–Crippen MR) is 116 cm³/mol. The van der Waals surface area contributed by atoms with E-state index in [9.17, 15) is 18.0 Å². The maximum Gasteiger partial charge on any atom is 0.416 e.